The number of rotatable bonds is 3. The van der Waals surface area contributed by atoms with Crippen LogP contribution in [0.3, 0.4) is 0 Å². The van der Waals surface area contributed by atoms with Crippen LogP contribution in [0, 0.1) is 0 Å². The van der Waals surface area contributed by atoms with Crippen molar-refractivity contribution in [1.82, 2.24) is 0 Å². The normalized spacial score (nSPS) is 12.7. The van der Waals surface area contributed by atoms with Crippen LogP contribution in [0.2, 0.25) is 5.04 Å². The average molecular weight is 323 g/mol. The molecule has 0 atom stereocenters. The van der Waals surface area contributed by atoms with Crippen LogP contribution in [0.5, 0.6) is 0 Å². The standard InChI is InChI=1S/C17H20Cl2Si/c1-17(2,3)20(18,19)16(14-10-6-4-7-11-14)15-12-8-5-9-13-15/h4-13,16H,1-3H3. The van der Waals surface area contributed by atoms with Crippen molar-refractivity contribution < 1.29 is 0 Å². The van der Waals surface area contributed by atoms with Crippen molar-refractivity contribution in [1.29, 1.82) is 0 Å². The Kier molecular flexibility index (Phi) is 4.63. The van der Waals surface area contributed by atoms with Crippen molar-refractivity contribution in [2.75, 3.05) is 0 Å². The molecule has 0 N–H and O–H groups in total. The molecular weight excluding hydrogens is 303 g/mol. The van der Waals surface area contributed by atoms with Gasteiger partial charge in [-0.15, -0.1) is 22.2 Å². The smallest absolute Gasteiger partial charge is 0.144 e. The topological polar surface area (TPSA) is 0 Å². The third-order valence-electron chi connectivity index (χ3n) is 3.63. The highest BCUT2D eigenvalue weighted by Gasteiger charge is 2.49. The van der Waals surface area contributed by atoms with Gasteiger partial charge in [-0.3, -0.25) is 0 Å². The SMILES string of the molecule is CC(C)(C)[Si](Cl)(Cl)C(c1ccccc1)c1ccccc1. The van der Waals surface area contributed by atoms with E-state index in [9.17, 15) is 0 Å². The minimum Gasteiger partial charge on any atom is -0.144 e. The maximum absolute atomic E-state index is 6.95. The Bertz CT molecular complexity index is 505. The monoisotopic (exact) mass is 322 g/mol. The van der Waals surface area contributed by atoms with Crippen molar-refractivity contribution in [3.05, 3.63) is 71.8 Å². The lowest BCUT2D eigenvalue weighted by atomic mass is 10.0. The number of hydrogen-bond donors (Lipinski definition) is 0. The molecule has 2 aromatic carbocycles. The van der Waals surface area contributed by atoms with Crippen molar-refractivity contribution in [3.8, 4) is 0 Å². The molecule has 0 aliphatic heterocycles. The van der Waals surface area contributed by atoms with Crippen molar-refractivity contribution in [2.24, 2.45) is 0 Å². The van der Waals surface area contributed by atoms with Gasteiger partial charge in [-0.05, 0) is 16.2 Å². The molecule has 0 spiro atoms. The molecule has 0 nitrogen and oxygen atoms in total. The van der Waals surface area contributed by atoms with Gasteiger partial charge in [-0.2, -0.15) is 0 Å². The maximum Gasteiger partial charge on any atom is 0.267 e. The van der Waals surface area contributed by atoms with E-state index in [1.54, 1.807) is 0 Å². The second-order valence-electron chi connectivity index (χ2n) is 6.13. The molecule has 0 amide bonds. The Morgan fingerprint density at radius 1 is 0.750 bits per heavy atom. The molecule has 0 unspecified atom stereocenters. The molecule has 20 heavy (non-hydrogen) atoms. The Hall–Kier alpha value is -0.763. The highest BCUT2D eigenvalue weighted by atomic mass is 35.7. The lowest BCUT2D eigenvalue weighted by Gasteiger charge is -2.38. The van der Waals surface area contributed by atoms with E-state index in [-0.39, 0.29) is 10.6 Å². The van der Waals surface area contributed by atoms with Crippen LogP contribution in [0.1, 0.15) is 37.4 Å². The van der Waals surface area contributed by atoms with Gasteiger partial charge in [0.25, 0.3) is 6.69 Å². The highest BCUT2D eigenvalue weighted by molar-refractivity contribution is 7.47. The second-order valence-corrected chi connectivity index (χ2v) is 13.6. The Morgan fingerprint density at radius 2 is 1.10 bits per heavy atom. The van der Waals surface area contributed by atoms with Crippen LogP contribution < -0.4 is 0 Å². The summed E-state index contributed by atoms with van der Waals surface area (Å²) in [6, 6.07) is 20.7. The molecule has 0 saturated carbocycles. The number of benzene rings is 2. The summed E-state index contributed by atoms with van der Waals surface area (Å²) >= 11 is 13.9. The summed E-state index contributed by atoms with van der Waals surface area (Å²) in [7, 11) is 0. The lowest BCUT2D eigenvalue weighted by molar-refractivity contribution is 0.727. The van der Waals surface area contributed by atoms with Gasteiger partial charge in [0.1, 0.15) is 0 Å². The van der Waals surface area contributed by atoms with Gasteiger partial charge in [0.05, 0.1) is 0 Å². The summed E-state index contributed by atoms with van der Waals surface area (Å²) in [5.41, 5.74) is 2.48. The summed E-state index contributed by atoms with van der Waals surface area (Å²) in [5, 5.41) is -0.105. The van der Waals surface area contributed by atoms with Crippen LogP contribution in [0.25, 0.3) is 0 Å². The average Bonchev–Trinajstić information content (AvgIpc) is 2.40. The van der Waals surface area contributed by atoms with Gasteiger partial charge in [-0.25, -0.2) is 0 Å². The maximum atomic E-state index is 6.95. The van der Waals surface area contributed by atoms with E-state index in [2.05, 4.69) is 45.0 Å². The zero-order valence-corrected chi connectivity index (χ0v) is 14.6. The first-order valence-electron chi connectivity index (χ1n) is 6.82. The fourth-order valence-corrected chi connectivity index (χ4v) is 5.94. The van der Waals surface area contributed by atoms with Gasteiger partial charge in [0.15, 0.2) is 0 Å². The quantitative estimate of drug-likeness (QED) is 0.474. The molecule has 106 valence electrons. The Labute approximate surface area is 132 Å². The molecule has 0 bridgehead atoms. The fourth-order valence-electron chi connectivity index (χ4n) is 2.34. The zero-order valence-electron chi connectivity index (χ0n) is 12.1. The minimum absolute atomic E-state index is 0.0771. The first kappa shape index (κ1) is 15.6. The molecule has 3 heteroatoms. The fraction of sp³-hybridized carbons (Fsp3) is 0.294. The minimum atomic E-state index is -2.57. The van der Waals surface area contributed by atoms with Crippen molar-refractivity contribution in [2.45, 2.75) is 31.4 Å². The van der Waals surface area contributed by atoms with Crippen LogP contribution in [0.15, 0.2) is 60.7 Å². The van der Waals surface area contributed by atoms with E-state index in [1.807, 2.05) is 36.4 Å². The Morgan fingerprint density at radius 3 is 1.40 bits per heavy atom. The molecule has 0 aromatic heterocycles. The largest absolute Gasteiger partial charge is 0.267 e. The van der Waals surface area contributed by atoms with Crippen molar-refractivity contribution >= 4 is 28.9 Å². The molecular formula is C17H20Cl2Si. The lowest BCUT2D eigenvalue weighted by Crippen LogP contribution is -2.40. The molecule has 0 saturated heterocycles. The van der Waals surface area contributed by atoms with E-state index in [0.717, 1.165) is 0 Å². The predicted octanol–water partition coefficient (Wildman–Crippen LogP) is 6.08. The van der Waals surface area contributed by atoms with Gasteiger partial charge in [0.2, 0.25) is 0 Å². The van der Waals surface area contributed by atoms with E-state index < -0.39 is 6.69 Å². The van der Waals surface area contributed by atoms with E-state index in [1.165, 1.54) is 11.1 Å². The second kappa shape index (κ2) is 5.93. The number of hydrogen-bond acceptors (Lipinski definition) is 0. The molecule has 0 fully saturated rings. The van der Waals surface area contributed by atoms with Gasteiger partial charge in [-0.1, -0.05) is 81.4 Å². The third kappa shape index (κ3) is 3.11. The van der Waals surface area contributed by atoms with Gasteiger partial charge >= 0.3 is 0 Å². The Balaban J connectivity index is 2.57. The number of halogens is 2. The van der Waals surface area contributed by atoms with Gasteiger partial charge in [0, 0.05) is 5.54 Å². The summed E-state index contributed by atoms with van der Waals surface area (Å²) in [5.74, 6) is 0. The predicted molar refractivity (Wildman–Crippen MR) is 91.9 cm³/mol. The van der Waals surface area contributed by atoms with Crippen LogP contribution in [0.4, 0.5) is 0 Å². The van der Waals surface area contributed by atoms with E-state index in [4.69, 9.17) is 22.2 Å². The molecule has 2 aromatic rings. The van der Waals surface area contributed by atoms with Gasteiger partial charge < -0.3 is 0 Å². The van der Waals surface area contributed by atoms with E-state index >= 15 is 0 Å². The zero-order chi connectivity index (χ0) is 14.8. The summed E-state index contributed by atoms with van der Waals surface area (Å²) < 4.78 is 0. The molecule has 0 heterocycles. The summed E-state index contributed by atoms with van der Waals surface area (Å²) in [6.07, 6.45) is 0. The first-order valence-corrected chi connectivity index (χ1v) is 10.9. The summed E-state index contributed by atoms with van der Waals surface area (Å²) in [4.78, 5) is 0. The van der Waals surface area contributed by atoms with Crippen molar-refractivity contribution in [3.63, 3.8) is 0 Å². The molecule has 0 radical (unpaired) electrons. The van der Waals surface area contributed by atoms with Crippen LogP contribution in [-0.4, -0.2) is 6.69 Å². The molecule has 2 rings (SSSR count). The molecule has 0 aliphatic carbocycles. The first-order chi connectivity index (χ1) is 9.34. The van der Waals surface area contributed by atoms with Crippen LogP contribution in [-0.2, 0) is 0 Å². The summed E-state index contributed by atoms with van der Waals surface area (Å²) in [6.45, 7) is 3.84. The third-order valence-corrected chi connectivity index (χ3v) is 11.7. The molecule has 0 aliphatic rings. The highest BCUT2D eigenvalue weighted by Crippen LogP contribution is 2.52. The van der Waals surface area contributed by atoms with E-state index in [0.29, 0.717) is 0 Å². The van der Waals surface area contributed by atoms with Crippen LogP contribution >= 0.6 is 22.2 Å².